The highest BCUT2D eigenvalue weighted by molar-refractivity contribution is 5.78. The lowest BCUT2D eigenvalue weighted by molar-refractivity contribution is 0.626. The lowest BCUT2D eigenvalue weighted by Gasteiger charge is -2.11. The van der Waals surface area contributed by atoms with Gasteiger partial charge in [-0.15, -0.1) is 5.92 Å². The first kappa shape index (κ1) is 9.91. The highest BCUT2D eigenvalue weighted by Gasteiger charge is 2.14. The number of aliphatic imine (C=N–C) groups is 1. The van der Waals surface area contributed by atoms with E-state index < -0.39 is 0 Å². The topological polar surface area (TPSA) is 50.4 Å². The zero-order valence-corrected chi connectivity index (χ0v) is 8.14. The van der Waals surface area contributed by atoms with Gasteiger partial charge >= 0.3 is 0 Å². The molecular weight excluding hydrogens is 162 g/mol. The molecule has 0 unspecified atom stereocenters. The summed E-state index contributed by atoms with van der Waals surface area (Å²) in [6.45, 7) is 2.30. The minimum atomic E-state index is 0.502. The van der Waals surface area contributed by atoms with Crippen LogP contribution in [0.25, 0.3) is 0 Å². The fourth-order valence-corrected chi connectivity index (χ4v) is 1.53. The molecule has 0 heterocycles. The Morgan fingerprint density at radius 1 is 1.54 bits per heavy atom. The molecule has 0 atom stereocenters. The zero-order chi connectivity index (χ0) is 9.52. The van der Waals surface area contributed by atoms with Gasteiger partial charge in [0.05, 0.1) is 0 Å². The van der Waals surface area contributed by atoms with Gasteiger partial charge in [0, 0.05) is 6.04 Å². The Kier molecular flexibility index (Phi) is 4.17. The Hall–Kier alpha value is -1.17. The van der Waals surface area contributed by atoms with Gasteiger partial charge in [-0.3, -0.25) is 0 Å². The van der Waals surface area contributed by atoms with Crippen molar-refractivity contribution in [2.75, 3.05) is 6.54 Å². The summed E-state index contributed by atoms with van der Waals surface area (Å²) < 4.78 is 0. The number of rotatable bonds is 2. The molecule has 0 amide bonds. The predicted octanol–water partition coefficient (Wildman–Crippen LogP) is 0.857. The number of nitrogens with zero attached hydrogens (tertiary/aromatic N) is 1. The van der Waals surface area contributed by atoms with Gasteiger partial charge in [0.2, 0.25) is 0 Å². The third kappa shape index (κ3) is 3.84. The van der Waals surface area contributed by atoms with Crippen molar-refractivity contribution in [3.05, 3.63) is 0 Å². The molecular formula is C10H17N3. The first-order chi connectivity index (χ1) is 6.33. The first-order valence-corrected chi connectivity index (χ1v) is 4.79. The van der Waals surface area contributed by atoms with Gasteiger partial charge in [-0.2, -0.15) is 0 Å². The van der Waals surface area contributed by atoms with Crippen LogP contribution in [0.2, 0.25) is 0 Å². The Labute approximate surface area is 79.8 Å². The molecule has 1 saturated carbocycles. The molecule has 0 aliphatic heterocycles. The van der Waals surface area contributed by atoms with Crippen LogP contribution in [0, 0.1) is 11.8 Å². The Bertz CT molecular complexity index is 228. The van der Waals surface area contributed by atoms with Crippen LogP contribution < -0.4 is 11.1 Å². The number of nitrogens with two attached hydrogens (primary N) is 1. The van der Waals surface area contributed by atoms with E-state index in [9.17, 15) is 0 Å². The molecule has 72 valence electrons. The summed E-state index contributed by atoms with van der Waals surface area (Å²) in [7, 11) is 0. The predicted molar refractivity (Wildman–Crippen MR) is 55.3 cm³/mol. The van der Waals surface area contributed by atoms with E-state index in [0.717, 1.165) is 0 Å². The monoisotopic (exact) mass is 179 g/mol. The highest BCUT2D eigenvalue weighted by atomic mass is 15.1. The van der Waals surface area contributed by atoms with Gasteiger partial charge in [-0.05, 0) is 19.8 Å². The summed E-state index contributed by atoms with van der Waals surface area (Å²) in [5, 5.41) is 3.20. The summed E-state index contributed by atoms with van der Waals surface area (Å²) in [4.78, 5) is 4.09. The van der Waals surface area contributed by atoms with Crippen LogP contribution >= 0.6 is 0 Å². The van der Waals surface area contributed by atoms with E-state index in [1.54, 1.807) is 6.92 Å². The third-order valence-corrected chi connectivity index (χ3v) is 2.21. The maximum Gasteiger partial charge on any atom is 0.189 e. The molecule has 0 bridgehead atoms. The van der Waals surface area contributed by atoms with Crippen LogP contribution in [-0.2, 0) is 0 Å². The molecule has 0 saturated heterocycles. The standard InChI is InChI=1S/C10H17N3/c1-2-3-8-12-10(11)13-9-6-4-5-7-9/h9H,4-8H2,1H3,(H3,11,12,13). The van der Waals surface area contributed by atoms with E-state index in [4.69, 9.17) is 5.73 Å². The quantitative estimate of drug-likeness (QED) is 0.375. The SMILES string of the molecule is CC#CCN=C(N)NC1CCCC1. The van der Waals surface area contributed by atoms with E-state index in [0.29, 0.717) is 18.5 Å². The van der Waals surface area contributed by atoms with Gasteiger partial charge < -0.3 is 11.1 Å². The van der Waals surface area contributed by atoms with Gasteiger partial charge in [0.1, 0.15) is 6.54 Å². The minimum absolute atomic E-state index is 0.502. The third-order valence-electron chi connectivity index (χ3n) is 2.21. The van der Waals surface area contributed by atoms with Crippen molar-refractivity contribution in [1.29, 1.82) is 0 Å². The molecule has 3 heteroatoms. The number of hydrogen-bond donors (Lipinski definition) is 2. The average Bonchev–Trinajstić information content (AvgIpc) is 2.57. The molecule has 0 aromatic heterocycles. The molecule has 0 aromatic carbocycles. The van der Waals surface area contributed by atoms with E-state index >= 15 is 0 Å². The molecule has 1 aliphatic rings. The van der Waals surface area contributed by atoms with Crippen molar-refractivity contribution >= 4 is 5.96 Å². The van der Waals surface area contributed by atoms with Crippen molar-refractivity contribution in [3.63, 3.8) is 0 Å². The summed E-state index contributed by atoms with van der Waals surface area (Å²) in [6, 6.07) is 0.540. The first-order valence-electron chi connectivity index (χ1n) is 4.79. The molecule has 0 aromatic rings. The fraction of sp³-hybridized carbons (Fsp3) is 0.700. The van der Waals surface area contributed by atoms with Gasteiger partial charge in [-0.1, -0.05) is 18.8 Å². The summed E-state index contributed by atoms with van der Waals surface area (Å²) in [6.07, 6.45) is 5.05. The second-order valence-corrected chi connectivity index (χ2v) is 3.25. The van der Waals surface area contributed by atoms with Crippen LogP contribution in [0.4, 0.5) is 0 Å². The Morgan fingerprint density at radius 2 is 2.23 bits per heavy atom. The smallest absolute Gasteiger partial charge is 0.189 e. The van der Waals surface area contributed by atoms with E-state index in [-0.39, 0.29) is 0 Å². The normalized spacial score (nSPS) is 18.1. The fourth-order valence-electron chi connectivity index (χ4n) is 1.53. The molecule has 1 aliphatic carbocycles. The van der Waals surface area contributed by atoms with Crippen molar-refractivity contribution in [2.24, 2.45) is 10.7 Å². The van der Waals surface area contributed by atoms with Gasteiger partial charge in [0.15, 0.2) is 5.96 Å². The highest BCUT2D eigenvalue weighted by Crippen LogP contribution is 2.17. The largest absolute Gasteiger partial charge is 0.370 e. The lowest BCUT2D eigenvalue weighted by Crippen LogP contribution is -2.38. The molecule has 13 heavy (non-hydrogen) atoms. The van der Waals surface area contributed by atoms with Crippen LogP contribution in [0.1, 0.15) is 32.6 Å². The second kappa shape index (κ2) is 5.47. The van der Waals surface area contributed by atoms with Crippen molar-refractivity contribution in [3.8, 4) is 11.8 Å². The molecule has 1 fully saturated rings. The van der Waals surface area contributed by atoms with Crippen LogP contribution in [0.15, 0.2) is 4.99 Å². The van der Waals surface area contributed by atoms with Crippen molar-refractivity contribution in [1.82, 2.24) is 5.32 Å². The average molecular weight is 179 g/mol. The summed E-state index contributed by atoms with van der Waals surface area (Å²) >= 11 is 0. The second-order valence-electron chi connectivity index (χ2n) is 3.25. The van der Waals surface area contributed by atoms with Crippen LogP contribution in [0.5, 0.6) is 0 Å². The maximum atomic E-state index is 5.67. The zero-order valence-electron chi connectivity index (χ0n) is 8.14. The number of nitrogens with one attached hydrogen (secondary N) is 1. The number of guanidine groups is 1. The summed E-state index contributed by atoms with van der Waals surface area (Å²) in [5.74, 6) is 6.16. The van der Waals surface area contributed by atoms with Gasteiger partial charge in [-0.25, -0.2) is 4.99 Å². The van der Waals surface area contributed by atoms with E-state index in [2.05, 4.69) is 22.2 Å². The van der Waals surface area contributed by atoms with E-state index in [1.165, 1.54) is 25.7 Å². The Morgan fingerprint density at radius 3 is 2.85 bits per heavy atom. The van der Waals surface area contributed by atoms with Crippen molar-refractivity contribution < 1.29 is 0 Å². The molecule has 3 N–H and O–H groups in total. The molecule has 3 nitrogen and oxygen atoms in total. The van der Waals surface area contributed by atoms with Crippen LogP contribution in [0.3, 0.4) is 0 Å². The number of hydrogen-bond acceptors (Lipinski definition) is 1. The Balaban J connectivity index is 2.24. The van der Waals surface area contributed by atoms with Gasteiger partial charge in [0.25, 0.3) is 0 Å². The van der Waals surface area contributed by atoms with E-state index in [1.807, 2.05) is 0 Å². The minimum Gasteiger partial charge on any atom is -0.370 e. The lowest BCUT2D eigenvalue weighted by atomic mass is 10.2. The van der Waals surface area contributed by atoms with Crippen LogP contribution in [-0.4, -0.2) is 18.5 Å². The molecule has 0 radical (unpaired) electrons. The molecule has 1 rings (SSSR count). The van der Waals surface area contributed by atoms with Crippen molar-refractivity contribution in [2.45, 2.75) is 38.6 Å². The maximum absolute atomic E-state index is 5.67. The molecule has 0 spiro atoms. The summed E-state index contributed by atoms with van der Waals surface area (Å²) in [5.41, 5.74) is 5.67.